The number of unbranched alkanes of at least 4 members (excludes halogenated alkanes) is 1. The van der Waals surface area contributed by atoms with Gasteiger partial charge in [-0.1, -0.05) is 11.6 Å². The first-order valence-electron chi connectivity index (χ1n) is 4.79. The summed E-state index contributed by atoms with van der Waals surface area (Å²) in [6.07, 6.45) is 6.90. The van der Waals surface area contributed by atoms with Gasteiger partial charge in [0.1, 0.15) is 5.75 Å². The third-order valence-corrected chi connectivity index (χ3v) is 2.27. The summed E-state index contributed by atoms with van der Waals surface area (Å²) in [5.74, 6) is 3.28. The van der Waals surface area contributed by atoms with E-state index in [4.69, 9.17) is 22.8 Å². The van der Waals surface area contributed by atoms with E-state index >= 15 is 0 Å². The number of nitrogens with one attached hydrogen (secondary N) is 1. The van der Waals surface area contributed by atoms with E-state index in [1.54, 1.807) is 7.11 Å². The highest BCUT2D eigenvalue weighted by atomic mass is 35.5. The molecule has 2 nitrogen and oxygen atoms in total. The van der Waals surface area contributed by atoms with Crippen LogP contribution >= 0.6 is 11.6 Å². The molecule has 15 heavy (non-hydrogen) atoms. The molecule has 0 aliphatic carbocycles. The third kappa shape index (κ3) is 3.73. The summed E-state index contributed by atoms with van der Waals surface area (Å²) in [4.78, 5) is 0. The van der Waals surface area contributed by atoms with Crippen molar-refractivity contribution in [3.8, 4) is 18.1 Å². The van der Waals surface area contributed by atoms with Crippen LogP contribution < -0.4 is 10.1 Å². The second kappa shape index (κ2) is 6.21. The van der Waals surface area contributed by atoms with Gasteiger partial charge in [0.05, 0.1) is 12.1 Å². The average molecular weight is 224 g/mol. The van der Waals surface area contributed by atoms with Crippen LogP contribution in [0.25, 0.3) is 0 Å². The fourth-order valence-corrected chi connectivity index (χ4v) is 1.46. The average Bonchev–Trinajstić information content (AvgIpc) is 2.25. The Kier molecular flexibility index (Phi) is 4.86. The molecule has 0 amide bonds. The van der Waals surface area contributed by atoms with Crippen molar-refractivity contribution in [2.75, 3.05) is 19.0 Å². The van der Waals surface area contributed by atoms with Gasteiger partial charge in [-0.25, -0.2) is 0 Å². The highest BCUT2D eigenvalue weighted by molar-refractivity contribution is 6.32. The van der Waals surface area contributed by atoms with Crippen molar-refractivity contribution in [3.05, 3.63) is 23.2 Å². The number of anilines is 1. The van der Waals surface area contributed by atoms with Crippen LogP contribution in [-0.2, 0) is 0 Å². The monoisotopic (exact) mass is 223 g/mol. The maximum absolute atomic E-state index is 5.97. The number of hydrogen-bond donors (Lipinski definition) is 1. The van der Waals surface area contributed by atoms with Crippen molar-refractivity contribution in [1.82, 2.24) is 0 Å². The molecular formula is C12H14ClNO. The van der Waals surface area contributed by atoms with Crippen molar-refractivity contribution < 1.29 is 4.74 Å². The predicted molar refractivity (Wildman–Crippen MR) is 64.6 cm³/mol. The molecule has 1 rings (SSSR count). The van der Waals surface area contributed by atoms with Gasteiger partial charge in [-0.2, -0.15) is 0 Å². The molecule has 0 heterocycles. The van der Waals surface area contributed by atoms with E-state index in [2.05, 4.69) is 11.2 Å². The largest absolute Gasteiger partial charge is 0.495 e. The summed E-state index contributed by atoms with van der Waals surface area (Å²) in [5.41, 5.74) is 0.984. The minimum Gasteiger partial charge on any atom is -0.495 e. The van der Waals surface area contributed by atoms with Gasteiger partial charge in [0, 0.05) is 18.7 Å². The van der Waals surface area contributed by atoms with Gasteiger partial charge < -0.3 is 10.1 Å². The van der Waals surface area contributed by atoms with Crippen molar-refractivity contribution in [3.63, 3.8) is 0 Å². The molecule has 0 aliphatic heterocycles. The molecule has 0 spiro atoms. The summed E-state index contributed by atoms with van der Waals surface area (Å²) in [6.45, 7) is 0.854. The number of terminal acetylenes is 1. The summed E-state index contributed by atoms with van der Waals surface area (Å²) < 4.78 is 5.06. The quantitative estimate of drug-likeness (QED) is 0.612. The standard InChI is InChI=1S/C12H14ClNO/c1-3-4-5-8-14-10-6-7-12(15-2)11(13)9-10/h1,6-7,9,14H,4-5,8H2,2H3. The predicted octanol–water partition coefficient (Wildman–Crippen LogP) is 3.17. The lowest BCUT2D eigenvalue weighted by Crippen LogP contribution is -2.00. The maximum atomic E-state index is 5.97. The van der Waals surface area contributed by atoms with Crippen LogP contribution in [0.2, 0.25) is 5.02 Å². The van der Waals surface area contributed by atoms with Crippen LogP contribution in [0.15, 0.2) is 18.2 Å². The van der Waals surface area contributed by atoms with Crippen molar-refractivity contribution in [2.24, 2.45) is 0 Å². The van der Waals surface area contributed by atoms with Crippen molar-refractivity contribution in [1.29, 1.82) is 0 Å². The number of ether oxygens (including phenoxy) is 1. The summed E-state index contributed by atoms with van der Waals surface area (Å²) in [7, 11) is 1.60. The Morgan fingerprint density at radius 2 is 2.33 bits per heavy atom. The second-order valence-corrected chi connectivity index (χ2v) is 3.49. The molecule has 80 valence electrons. The Hall–Kier alpha value is -1.33. The Labute approximate surface area is 95.6 Å². The van der Waals surface area contributed by atoms with Crippen molar-refractivity contribution in [2.45, 2.75) is 12.8 Å². The topological polar surface area (TPSA) is 21.3 Å². The molecule has 0 unspecified atom stereocenters. The van der Waals surface area contributed by atoms with Crippen LogP contribution in [0, 0.1) is 12.3 Å². The van der Waals surface area contributed by atoms with E-state index in [1.165, 1.54) is 0 Å². The first kappa shape index (κ1) is 11.7. The number of rotatable bonds is 5. The lowest BCUT2D eigenvalue weighted by atomic mass is 10.2. The normalized spacial score (nSPS) is 9.40. The highest BCUT2D eigenvalue weighted by Crippen LogP contribution is 2.27. The molecule has 0 bridgehead atoms. The Morgan fingerprint density at radius 3 is 2.93 bits per heavy atom. The summed E-state index contributed by atoms with van der Waals surface area (Å²) in [6, 6.07) is 5.61. The SMILES string of the molecule is C#CCCCNc1ccc(OC)c(Cl)c1. The zero-order valence-corrected chi connectivity index (χ0v) is 9.47. The third-order valence-electron chi connectivity index (χ3n) is 1.98. The Bertz CT molecular complexity index is 357. The van der Waals surface area contributed by atoms with Crippen LogP contribution in [0.3, 0.4) is 0 Å². The number of halogens is 1. The molecule has 0 fully saturated rings. The Balaban J connectivity index is 2.49. The fourth-order valence-electron chi connectivity index (χ4n) is 1.20. The van der Waals surface area contributed by atoms with E-state index in [9.17, 15) is 0 Å². The van der Waals surface area contributed by atoms with E-state index in [0.29, 0.717) is 10.8 Å². The lowest BCUT2D eigenvalue weighted by Gasteiger charge is -2.07. The van der Waals surface area contributed by atoms with Crippen LogP contribution in [0.5, 0.6) is 5.75 Å². The van der Waals surface area contributed by atoms with E-state index in [-0.39, 0.29) is 0 Å². The maximum Gasteiger partial charge on any atom is 0.137 e. The van der Waals surface area contributed by atoms with E-state index < -0.39 is 0 Å². The summed E-state index contributed by atoms with van der Waals surface area (Å²) in [5, 5.41) is 3.85. The number of methoxy groups -OCH3 is 1. The minimum absolute atomic E-state index is 0.611. The molecule has 0 saturated heterocycles. The van der Waals surface area contributed by atoms with Gasteiger partial charge >= 0.3 is 0 Å². The lowest BCUT2D eigenvalue weighted by molar-refractivity contribution is 0.415. The van der Waals surface area contributed by atoms with Crippen LogP contribution in [-0.4, -0.2) is 13.7 Å². The van der Waals surface area contributed by atoms with Gasteiger partial charge in [0.25, 0.3) is 0 Å². The Morgan fingerprint density at radius 1 is 1.53 bits per heavy atom. The first-order valence-corrected chi connectivity index (χ1v) is 5.16. The molecule has 0 atom stereocenters. The zero-order chi connectivity index (χ0) is 11.1. The fraction of sp³-hybridized carbons (Fsp3) is 0.333. The molecule has 1 aromatic rings. The number of hydrogen-bond acceptors (Lipinski definition) is 2. The van der Waals surface area contributed by atoms with E-state index in [0.717, 1.165) is 25.1 Å². The van der Waals surface area contributed by atoms with Gasteiger partial charge in [-0.3, -0.25) is 0 Å². The molecule has 1 aromatic carbocycles. The van der Waals surface area contributed by atoms with Gasteiger partial charge in [0.15, 0.2) is 0 Å². The van der Waals surface area contributed by atoms with E-state index in [1.807, 2.05) is 18.2 Å². The molecule has 0 aromatic heterocycles. The smallest absolute Gasteiger partial charge is 0.137 e. The van der Waals surface area contributed by atoms with Crippen molar-refractivity contribution >= 4 is 17.3 Å². The zero-order valence-electron chi connectivity index (χ0n) is 8.72. The van der Waals surface area contributed by atoms with Crippen LogP contribution in [0.4, 0.5) is 5.69 Å². The number of benzene rings is 1. The molecule has 3 heteroatoms. The van der Waals surface area contributed by atoms with Gasteiger partial charge in [-0.15, -0.1) is 12.3 Å². The molecule has 0 saturated carbocycles. The summed E-state index contributed by atoms with van der Waals surface area (Å²) >= 11 is 5.97. The molecule has 1 N–H and O–H groups in total. The molecule has 0 aliphatic rings. The second-order valence-electron chi connectivity index (χ2n) is 3.08. The minimum atomic E-state index is 0.611. The molecule has 0 radical (unpaired) electrons. The highest BCUT2D eigenvalue weighted by Gasteiger charge is 2.00. The van der Waals surface area contributed by atoms with Gasteiger partial charge in [0.2, 0.25) is 0 Å². The van der Waals surface area contributed by atoms with Crippen LogP contribution in [0.1, 0.15) is 12.8 Å². The van der Waals surface area contributed by atoms with Gasteiger partial charge in [-0.05, 0) is 24.6 Å². The molecular weight excluding hydrogens is 210 g/mol. The first-order chi connectivity index (χ1) is 7.27.